The summed E-state index contributed by atoms with van der Waals surface area (Å²) in [5, 5.41) is 9.18. The average Bonchev–Trinajstić information content (AvgIpc) is 1.84. The van der Waals surface area contributed by atoms with Gasteiger partial charge in [0.2, 0.25) is 0 Å². The molecule has 0 aromatic heterocycles. The summed E-state index contributed by atoms with van der Waals surface area (Å²) in [5.41, 5.74) is 0. The first-order chi connectivity index (χ1) is 4.99. The summed E-state index contributed by atoms with van der Waals surface area (Å²) in [6.45, 7) is 6.38. The van der Waals surface area contributed by atoms with Crippen LogP contribution >= 0.6 is 15.9 Å². The van der Waals surface area contributed by atoms with Crippen LogP contribution in [0.3, 0.4) is 0 Å². The Kier molecular flexibility index (Phi) is 4.98. The fourth-order valence-electron chi connectivity index (χ4n) is 0.730. The molecule has 1 unspecified atom stereocenters. The molecule has 4 heteroatoms. The Hall–Kier alpha value is 0.147. The largest absolute Gasteiger partial charge is 0.413 e. The normalized spacial score (nSPS) is 14.1. The zero-order valence-electron chi connectivity index (χ0n) is 7.22. The molecule has 0 aliphatic rings. The maximum atomic E-state index is 8.43. The van der Waals surface area contributed by atoms with Crippen LogP contribution in [-0.2, 0) is 4.43 Å². The van der Waals surface area contributed by atoms with E-state index in [-0.39, 0.29) is 6.10 Å². The molecule has 0 saturated carbocycles. The molecule has 64 valence electrons. The summed E-state index contributed by atoms with van der Waals surface area (Å²) >= 11 is 3.32. The topological polar surface area (TPSA) is 33.0 Å². The minimum atomic E-state index is -1.46. The van der Waals surface area contributed by atoms with Crippen molar-refractivity contribution in [2.24, 2.45) is 0 Å². The number of hydrogen-bond acceptors (Lipinski definition) is 2. The third-order valence-electron chi connectivity index (χ3n) is 1.01. The molecule has 0 aliphatic carbocycles. The van der Waals surface area contributed by atoms with Gasteiger partial charge in [0.1, 0.15) is 0 Å². The second kappa shape index (κ2) is 4.91. The zero-order valence-corrected chi connectivity index (χ0v) is 9.81. The van der Waals surface area contributed by atoms with Crippen LogP contribution in [0.15, 0.2) is 0 Å². The van der Waals surface area contributed by atoms with Crippen LogP contribution in [0.4, 0.5) is 0 Å². The zero-order chi connectivity index (χ0) is 8.91. The number of rotatable bonds is 4. The van der Waals surface area contributed by atoms with Crippen LogP contribution < -0.4 is 0 Å². The molecule has 0 heterocycles. The van der Waals surface area contributed by atoms with Crippen molar-refractivity contribution in [2.45, 2.75) is 32.2 Å². The quantitative estimate of drug-likeness (QED) is 0.555. The molecule has 0 radical (unpaired) electrons. The van der Waals surface area contributed by atoms with E-state index in [9.17, 15) is 0 Å². The van der Waals surface area contributed by atoms with Gasteiger partial charge in [-0.15, -0.1) is 0 Å². The van der Waals surface area contributed by atoms with Gasteiger partial charge in [-0.05, 0) is 19.6 Å². The van der Waals surface area contributed by atoms with Crippen LogP contribution in [0.25, 0.3) is 0 Å². The second-order valence-electron chi connectivity index (χ2n) is 3.37. The first-order valence-corrected chi connectivity index (χ1v) is 8.13. The van der Waals surface area contributed by atoms with Crippen molar-refractivity contribution in [3.05, 3.63) is 0 Å². The molecular weight excluding hydrogens is 222 g/mol. The van der Waals surface area contributed by atoms with E-state index >= 15 is 0 Å². The number of alkyl halides is 1. The second-order valence-corrected chi connectivity index (χ2v) is 8.48. The molecular formula is C7H14BrNOSi. The van der Waals surface area contributed by atoms with E-state index in [1.165, 1.54) is 0 Å². The van der Waals surface area contributed by atoms with Crippen molar-refractivity contribution in [2.75, 3.05) is 5.33 Å². The van der Waals surface area contributed by atoms with E-state index in [4.69, 9.17) is 9.69 Å². The number of hydrogen-bond donors (Lipinski definition) is 0. The van der Waals surface area contributed by atoms with E-state index < -0.39 is 8.32 Å². The first kappa shape index (κ1) is 11.1. The van der Waals surface area contributed by atoms with Crippen LogP contribution in [0.1, 0.15) is 6.42 Å². The van der Waals surface area contributed by atoms with Gasteiger partial charge in [-0.2, -0.15) is 5.26 Å². The first-order valence-electron chi connectivity index (χ1n) is 3.60. The van der Waals surface area contributed by atoms with Gasteiger partial charge >= 0.3 is 0 Å². The Labute approximate surface area is 77.8 Å². The van der Waals surface area contributed by atoms with Crippen LogP contribution in [0.5, 0.6) is 0 Å². The smallest absolute Gasteiger partial charge is 0.184 e. The molecule has 0 aromatic rings. The van der Waals surface area contributed by atoms with Crippen molar-refractivity contribution in [1.29, 1.82) is 5.26 Å². The highest BCUT2D eigenvalue weighted by atomic mass is 79.9. The molecule has 0 saturated heterocycles. The minimum absolute atomic E-state index is 0.0756. The van der Waals surface area contributed by atoms with Crippen molar-refractivity contribution in [3.63, 3.8) is 0 Å². The van der Waals surface area contributed by atoms with Crippen molar-refractivity contribution >= 4 is 24.2 Å². The van der Waals surface area contributed by atoms with E-state index in [0.29, 0.717) is 6.42 Å². The van der Waals surface area contributed by atoms with E-state index in [1.54, 1.807) is 0 Å². The molecule has 1 atom stereocenters. The van der Waals surface area contributed by atoms with Crippen LogP contribution in [0.2, 0.25) is 19.6 Å². The van der Waals surface area contributed by atoms with Crippen molar-refractivity contribution < 1.29 is 4.43 Å². The number of nitrogens with zero attached hydrogens (tertiary/aromatic N) is 1. The Balaban J connectivity index is 3.80. The predicted octanol–water partition coefficient (Wildman–Crippen LogP) is 2.52. The standard InChI is InChI=1S/C7H14BrNOSi/c1-11(2,3)10-7(6-8)4-5-9/h7H,4,6H2,1-3H3. The molecule has 0 spiro atoms. The van der Waals surface area contributed by atoms with Gasteiger partial charge in [-0.1, -0.05) is 15.9 Å². The fourth-order valence-corrected chi connectivity index (χ4v) is 2.50. The molecule has 0 N–H and O–H groups in total. The summed E-state index contributed by atoms with van der Waals surface area (Å²) in [7, 11) is -1.46. The molecule has 0 aliphatic heterocycles. The molecule has 2 nitrogen and oxygen atoms in total. The summed E-state index contributed by atoms with van der Waals surface area (Å²) in [5.74, 6) is 0. The monoisotopic (exact) mass is 235 g/mol. The van der Waals surface area contributed by atoms with Crippen molar-refractivity contribution in [3.8, 4) is 6.07 Å². The van der Waals surface area contributed by atoms with Gasteiger partial charge in [0.25, 0.3) is 0 Å². The van der Waals surface area contributed by atoms with Gasteiger partial charge in [-0.3, -0.25) is 0 Å². The van der Waals surface area contributed by atoms with Gasteiger partial charge in [0.15, 0.2) is 8.32 Å². The third kappa shape index (κ3) is 6.54. The Morgan fingerprint density at radius 2 is 2.09 bits per heavy atom. The third-order valence-corrected chi connectivity index (χ3v) is 2.77. The summed E-state index contributed by atoms with van der Waals surface area (Å²) in [6, 6.07) is 2.11. The Morgan fingerprint density at radius 1 is 1.55 bits per heavy atom. The lowest BCUT2D eigenvalue weighted by atomic mass is 10.3. The molecule has 0 rings (SSSR count). The van der Waals surface area contributed by atoms with Crippen LogP contribution in [0, 0.1) is 11.3 Å². The average molecular weight is 236 g/mol. The molecule has 0 amide bonds. The fraction of sp³-hybridized carbons (Fsp3) is 0.857. The van der Waals surface area contributed by atoms with E-state index in [1.807, 2.05) is 0 Å². The SMILES string of the molecule is C[Si](C)(C)OC(CBr)CC#N. The Bertz CT molecular complexity index is 150. The summed E-state index contributed by atoms with van der Waals surface area (Å²) < 4.78 is 5.70. The lowest BCUT2D eigenvalue weighted by Gasteiger charge is -2.22. The van der Waals surface area contributed by atoms with Gasteiger partial charge in [0.05, 0.1) is 18.6 Å². The predicted molar refractivity (Wildman–Crippen MR) is 52.2 cm³/mol. The highest BCUT2D eigenvalue weighted by Crippen LogP contribution is 2.11. The maximum Gasteiger partial charge on any atom is 0.184 e. The van der Waals surface area contributed by atoms with Gasteiger partial charge in [0, 0.05) is 5.33 Å². The summed E-state index contributed by atoms with van der Waals surface area (Å²) in [4.78, 5) is 0. The van der Waals surface area contributed by atoms with Gasteiger partial charge < -0.3 is 4.43 Å². The highest BCUT2D eigenvalue weighted by molar-refractivity contribution is 9.09. The minimum Gasteiger partial charge on any atom is -0.413 e. The molecule has 11 heavy (non-hydrogen) atoms. The number of nitriles is 1. The van der Waals surface area contributed by atoms with Crippen LogP contribution in [-0.4, -0.2) is 19.8 Å². The highest BCUT2D eigenvalue weighted by Gasteiger charge is 2.19. The summed E-state index contributed by atoms with van der Waals surface area (Å²) in [6.07, 6.45) is 0.557. The lowest BCUT2D eigenvalue weighted by Crippen LogP contribution is -2.32. The van der Waals surface area contributed by atoms with E-state index in [0.717, 1.165) is 5.33 Å². The lowest BCUT2D eigenvalue weighted by molar-refractivity contribution is 0.225. The molecule has 0 aromatic carbocycles. The molecule has 0 bridgehead atoms. The van der Waals surface area contributed by atoms with Gasteiger partial charge in [-0.25, -0.2) is 0 Å². The Morgan fingerprint density at radius 3 is 2.36 bits per heavy atom. The number of halogens is 1. The maximum absolute atomic E-state index is 8.43. The van der Waals surface area contributed by atoms with Crippen molar-refractivity contribution in [1.82, 2.24) is 0 Å². The van der Waals surface area contributed by atoms with E-state index in [2.05, 4.69) is 41.6 Å². The molecule has 0 fully saturated rings.